The van der Waals surface area contributed by atoms with E-state index in [1.165, 1.54) is 25.7 Å². The van der Waals surface area contributed by atoms with Gasteiger partial charge in [0.25, 0.3) is 0 Å². The Morgan fingerprint density at radius 1 is 1.10 bits per heavy atom. The van der Waals surface area contributed by atoms with Crippen LogP contribution in [0.1, 0.15) is 37.1 Å². The van der Waals surface area contributed by atoms with E-state index >= 15 is 0 Å². The van der Waals surface area contributed by atoms with Crippen molar-refractivity contribution in [2.75, 3.05) is 10.6 Å². The zero-order chi connectivity index (χ0) is 13.9. The summed E-state index contributed by atoms with van der Waals surface area (Å²) < 4.78 is 5.02. The molecule has 1 aliphatic carbocycles. The molecule has 0 radical (unpaired) electrons. The fourth-order valence-electron chi connectivity index (χ4n) is 2.52. The smallest absolute Gasteiger partial charge is 0.230 e. The van der Waals surface area contributed by atoms with Crippen molar-refractivity contribution in [3.8, 4) is 0 Å². The molecule has 2 aromatic rings. The number of aromatic nitrogens is 3. The van der Waals surface area contributed by atoms with Crippen molar-refractivity contribution in [1.29, 1.82) is 0 Å². The Hall–Kier alpha value is -2.11. The predicted molar refractivity (Wildman–Crippen MR) is 77.2 cm³/mol. The van der Waals surface area contributed by atoms with Crippen LogP contribution in [0.5, 0.6) is 0 Å². The topological polar surface area (TPSA) is 75.9 Å². The second kappa shape index (κ2) is 5.48. The van der Waals surface area contributed by atoms with Crippen LogP contribution in [0.25, 0.3) is 0 Å². The molecule has 0 unspecified atom stereocenters. The van der Waals surface area contributed by atoms with Gasteiger partial charge in [0.05, 0.1) is 0 Å². The molecule has 0 atom stereocenters. The van der Waals surface area contributed by atoms with Crippen molar-refractivity contribution in [2.45, 2.75) is 45.6 Å². The van der Waals surface area contributed by atoms with Crippen LogP contribution in [0.3, 0.4) is 0 Å². The maximum absolute atomic E-state index is 5.02. The Kier molecular flexibility index (Phi) is 3.54. The third kappa shape index (κ3) is 3.07. The Morgan fingerprint density at radius 2 is 1.90 bits per heavy atom. The van der Waals surface area contributed by atoms with E-state index in [0.717, 1.165) is 17.3 Å². The Bertz CT molecular complexity index is 589. The van der Waals surface area contributed by atoms with Gasteiger partial charge in [-0.15, -0.1) is 0 Å². The lowest BCUT2D eigenvalue weighted by molar-refractivity contribution is 0.400. The lowest BCUT2D eigenvalue weighted by atomic mass is 10.2. The second-order valence-corrected chi connectivity index (χ2v) is 5.29. The van der Waals surface area contributed by atoms with Crippen LogP contribution in [0.4, 0.5) is 17.6 Å². The molecule has 20 heavy (non-hydrogen) atoms. The van der Waals surface area contributed by atoms with Crippen molar-refractivity contribution in [2.24, 2.45) is 0 Å². The highest BCUT2D eigenvalue weighted by molar-refractivity contribution is 5.51. The first-order valence-corrected chi connectivity index (χ1v) is 7.01. The number of nitrogens with zero attached hydrogens (tertiary/aromatic N) is 3. The number of hydrogen-bond acceptors (Lipinski definition) is 6. The Morgan fingerprint density at radius 3 is 2.60 bits per heavy atom. The van der Waals surface area contributed by atoms with E-state index in [2.05, 4.69) is 25.8 Å². The molecule has 1 saturated carbocycles. The van der Waals surface area contributed by atoms with Gasteiger partial charge in [0.15, 0.2) is 5.82 Å². The molecule has 1 aliphatic rings. The van der Waals surface area contributed by atoms with E-state index in [4.69, 9.17) is 4.52 Å². The van der Waals surface area contributed by atoms with Crippen molar-refractivity contribution in [3.05, 3.63) is 23.6 Å². The van der Waals surface area contributed by atoms with Crippen LogP contribution in [0, 0.1) is 13.8 Å². The van der Waals surface area contributed by atoms with Gasteiger partial charge in [-0.05, 0) is 26.7 Å². The van der Waals surface area contributed by atoms with Gasteiger partial charge in [0, 0.05) is 23.9 Å². The molecule has 6 nitrogen and oxygen atoms in total. The van der Waals surface area contributed by atoms with Gasteiger partial charge in [0.1, 0.15) is 11.6 Å². The molecular formula is C14H19N5O. The van der Waals surface area contributed by atoms with Gasteiger partial charge >= 0.3 is 0 Å². The molecule has 3 rings (SSSR count). The molecule has 0 bridgehead atoms. The molecule has 0 aromatic carbocycles. The highest BCUT2D eigenvalue weighted by atomic mass is 16.5. The first-order chi connectivity index (χ1) is 9.69. The summed E-state index contributed by atoms with van der Waals surface area (Å²) in [5.74, 6) is 2.79. The minimum atomic E-state index is 0.534. The molecule has 2 aromatic heterocycles. The number of aryl methyl sites for hydroxylation is 2. The van der Waals surface area contributed by atoms with Gasteiger partial charge in [-0.2, -0.15) is 4.98 Å². The highest BCUT2D eigenvalue weighted by Crippen LogP contribution is 2.22. The maximum atomic E-state index is 5.02. The number of hydrogen-bond donors (Lipinski definition) is 2. The number of rotatable bonds is 4. The molecule has 106 valence electrons. The Balaban J connectivity index is 1.75. The number of nitrogens with one attached hydrogen (secondary N) is 2. The van der Waals surface area contributed by atoms with Crippen LogP contribution in [0.15, 0.2) is 16.7 Å². The van der Waals surface area contributed by atoms with Crippen molar-refractivity contribution in [3.63, 3.8) is 0 Å². The fraction of sp³-hybridized carbons (Fsp3) is 0.500. The average molecular weight is 273 g/mol. The molecule has 1 fully saturated rings. The van der Waals surface area contributed by atoms with Gasteiger partial charge < -0.3 is 15.2 Å². The van der Waals surface area contributed by atoms with Crippen LogP contribution < -0.4 is 10.6 Å². The van der Waals surface area contributed by atoms with Crippen LogP contribution in [-0.2, 0) is 0 Å². The summed E-state index contributed by atoms with van der Waals surface area (Å²) in [5.41, 5.74) is 0.920. The lowest BCUT2D eigenvalue weighted by Gasteiger charge is -2.13. The molecule has 0 amide bonds. The minimum Gasteiger partial charge on any atom is -0.367 e. The molecule has 2 heterocycles. The summed E-state index contributed by atoms with van der Waals surface area (Å²) in [6.07, 6.45) is 5.03. The summed E-state index contributed by atoms with van der Waals surface area (Å²) in [5, 5.41) is 10.4. The minimum absolute atomic E-state index is 0.534. The third-order valence-electron chi connectivity index (χ3n) is 3.43. The zero-order valence-electron chi connectivity index (χ0n) is 11.8. The van der Waals surface area contributed by atoms with Gasteiger partial charge in [0.2, 0.25) is 5.95 Å². The van der Waals surface area contributed by atoms with Crippen molar-refractivity contribution in [1.82, 2.24) is 15.1 Å². The SMILES string of the molecule is Cc1cc(NC2CCCC2)nc(Nc2cc(C)on2)n1. The van der Waals surface area contributed by atoms with E-state index in [9.17, 15) is 0 Å². The summed E-state index contributed by atoms with van der Waals surface area (Å²) in [4.78, 5) is 8.86. The van der Waals surface area contributed by atoms with Crippen LogP contribution in [0.2, 0.25) is 0 Å². The lowest BCUT2D eigenvalue weighted by Crippen LogP contribution is -2.16. The standard InChI is InChI=1S/C14H19N5O/c1-9-7-12(16-11-5-3-4-6-11)17-14(15-9)18-13-8-10(2)20-19-13/h7-8,11H,3-6H2,1-2H3,(H2,15,16,17,18,19). The van der Waals surface area contributed by atoms with Gasteiger partial charge in [-0.3, -0.25) is 0 Å². The zero-order valence-corrected chi connectivity index (χ0v) is 11.8. The summed E-state index contributed by atoms with van der Waals surface area (Å²) >= 11 is 0. The first-order valence-electron chi connectivity index (χ1n) is 7.01. The van der Waals surface area contributed by atoms with Gasteiger partial charge in [-0.1, -0.05) is 18.0 Å². The third-order valence-corrected chi connectivity index (χ3v) is 3.43. The molecule has 2 N–H and O–H groups in total. The monoisotopic (exact) mass is 273 g/mol. The van der Waals surface area contributed by atoms with Crippen molar-refractivity contribution >= 4 is 17.6 Å². The first kappa shape index (κ1) is 12.9. The molecule has 0 aliphatic heterocycles. The van der Waals surface area contributed by atoms with Gasteiger partial charge in [-0.25, -0.2) is 4.98 Å². The second-order valence-electron chi connectivity index (χ2n) is 5.29. The van der Waals surface area contributed by atoms with Crippen LogP contribution in [-0.4, -0.2) is 21.2 Å². The quantitative estimate of drug-likeness (QED) is 0.891. The largest absolute Gasteiger partial charge is 0.367 e. The van der Waals surface area contributed by atoms with E-state index < -0.39 is 0 Å². The van der Waals surface area contributed by atoms with E-state index in [-0.39, 0.29) is 0 Å². The van der Waals surface area contributed by atoms with E-state index in [1.807, 2.05) is 26.0 Å². The summed E-state index contributed by atoms with van der Waals surface area (Å²) in [6, 6.07) is 4.32. The molecule has 0 spiro atoms. The molecular weight excluding hydrogens is 254 g/mol. The summed E-state index contributed by atoms with van der Waals surface area (Å²) in [6.45, 7) is 3.81. The average Bonchev–Trinajstić information content (AvgIpc) is 3.01. The Labute approximate surface area is 118 Å². The van der Waals surface area contributed by atoms with E-state index in [0.29, 0.717) is 17.8 Å². The van der Waals surface area contributed by atoms with Crippen LogP contribution >= 0.6 is 0 Å². The summed E-state index contributed by atoms with van der Waals surface area (Å²) in [7, 11) is 0. The normalized spacial score (nSPS) is 15.5. The number of anilines is 3. The fourth-order valence-corrected chi connectivity index (χ4v) is 2.52. The molecule has 0 saturated heterocycles. The highest BCUT2D eigenvalue weighted by Gasteiger charge is 2.15. The predicted octanol–water partition coefficient (Wildman–Crippen LogP) is 3.18. The van der Waals surface area contributed by atoms with Crippen molar-refractivity contribution < 1.29 is 4.52 Å². The molecule has 6 heteroatoms. The van der Waals surface area contributed by atoms with E-state index in [1.54, 1.807) is 0 Å². The maximum Gasteiger partial charge on any atom is 0.230 e.